The van der Waals surface area contributed by atoms with E-state index in [1.165, 1.54) is 26.4 Å². The van der Waals surface area contributed by atoms with Crippen LogP contribution in [0.5, 0.6) is 17.2 Å². The molecule has 0 spiro atoms. The molecule has 0 aliphatic carbocycles. The van der Waals surface area contributed by atoms with E-state index in [1.807, 2.05) is 0 Å². The Bertz CT molecular complexity index is 1200. The molecule has 0 bridgehead atoms. The monoisotopic (exact) mass is 494 g/mol. The Morgan fingerprint density at radius 1 is 1.15 bits per heavy atom. The highest BCUT2D eigenvalue weighted by molar-refractivity contribution is 7.94. The van der Waals surface area contributed by atoms with Gasteiger partial charge >= 0.3 is 12.0 Å². The summed E-state index contributed by atoms with van der Waals surface area (Å²) in [6.07, 6.45) is 0. The van der Waals surface area contributed by atoms with Crippen LogP contribution in [0.4, 0.5) is 9.18 Å². The quantitative estimate of drug-likeness (QED) is 0.394. The molecule has 12 heteroatoms. The van der Waals surface area contributed by atoms with Crippen LogP contribution >= 0.6 is 0 Å². The maximum atomic E-state index is 13.3. The number of phenolic OH excluding ortho intramolecular Hbond substituents is 1. The first-order valence-corrected chi connectivity index (χ1v) is 11.6. The second kappa shape index (κ2) is 10.00. The molecule has 2 aromatic carbocycles. The van der Waals surface area contributed by atoms with Gasteiger partial charge in [0.25, 0.3) is 0 Å². The van der Waals surface area contributed by atoms with E-state index in [9.17, 15) is 27.5 Å². The van der Waals surface area contributed by atoms with Crippen LogP contribution in [0.25, 0.3) is 0 Å². The minimum Gasteiger partial charge on any atom is -0.502 e. The van der Waals surface area contributed by atoms with Crippen molar-refractivity contribution in [1.29, 1.82) is 0 Å². The number of phenols is 1. The van der Waals surface area contributed by atoms with Gasteiger partial charge in [-0.3, -0.25) is 4.79 Å². The summed E-state index contributed by atoms with van der Waals surface area (Å²) < 4.78 is 54.6. The van der Waals surface area contributed by atoms with Gasteiger partial charge in [-0.1, -0.05) is 0 Å². The fraction of sp³-hybridized carbons (Fsp3) is 0.273. The zero-order valence-electron chi connectivity index (χ0n) is 18.5. The molecular formula is C22H23FN2O8S. The predicted octanol–water partition coefficient (Wildman–Crippen LogP) is 2.40. The van der Waals surface area contributed by atoms with Gasteiger partial charge in [0.05, 0.1) is 37.2 Å². The van der Waals surface area contributed by atoms with Gasteiger partial charge in [-0.2, -0.15) is 0 Å². The lowest BCUT2D eigenvalue weighted by Gasteiger charge is -2.34. The van der Waals surface area contributed by atoms with Gasteiger partial charge in [0.15, 0.2) is 11.5 Å². The van der Waals surface area contributed by atoms with Crippen LogP contribution in [-0.4, -0.2) is 46.4 Å². The third-order valence-electron chi connectivity index (χ3n) is 5.04. The van der Waals surface area contributed by atoms with Crippen LogP contribution in [0.15, 0.2) is 52.4 Å². The van der Waals surface area contributed by atoms with Gasteiger partial charge in [0, 0.05) is 5.70 Å². The van der Waals surface area contributed by atoms with E-state index in [2.05, 4.69) is 10.6 Å². The van der Waals surface area contributed by atoms with Crippen LogP contribution < -0.4 is 20.1 Å². The maximum absolute atomic E-state index is 13.3. The molecule has 0 aromatic heterocycles. The van der Waals surface area contributed by atoms with E-state index < -0.39 is 39.6 Å². The molecule has 1 fully saturated rings. The Morgan fingerprint density at radius 2 is 1.74 bits per heavy atom. The Kier molecular flexibility index (Phi) is 7.30. The number of halogens is 1. The molecule has 182 valence electrons. The number of urea groups is 1. The average molecular weight is 494 g/mol. The highest BCUT2D eigenvalue weighted by Gasteiger charge is 2.41. The van der Waals surface area contributed by atoms with Gasteiger partial charge in [-0.15, -0.1) is 0 Å². The standard InChI is InChI=1S/C22H23FN2O8S/c1-4-33-21(27)18-15(11-34(29,30)14-7-5-13(23)6-8-14)24-22(28)25-19(18)12-9-16(31-2)20(26)17(10-12)32-3/h5-11,18-19,26H,4H2,1-3H3,(H2,24,25,28)/b15-11+/t18-,19+/m1/s1. The number of hydrogen-bond donors (Lipinski definition) is 3. The normalized spacial score (nSPS) is 19.2. The van der Waals surface area contributed by atoms with Crippen molar-refractivity contribution in [2.75, 3.05) is 20.8 Å². The Labute approximate surface area is 195 Å². The number of aromatic hydroxyl groups is 1. The van der Waals surface area contributed by atoms with Crippen LogP contribution in [0, 0.1) is 11.7 Å². The topological polar surface area (TPSA) is 140 Å². The van der Waals surface area contributed by atoms with E-state index in [-0.39, 0.29) is 40.0 Å². The molecule has 1 saturated heterocycles. The minimum absolute atomic E-state index is 0.00376. The zero-order chi connectivity index (χ0) is 25.0. The number of benzene rings is 2. The number of ether oxygens (including phenoxy) is 3. The summed E-state index contributed by atoms with van der Waals surface area (Å²) in [5, 5.41) is 15.9. The van der Waals surface area contributed by atoms with E-state index in [4.69, 9.17) is 14.2 Å². The van der Waals surface area contributed by atoms with Gasteiger partial charge in [0.2, 0.25) is 15.6 Å². The molecule has 1 aliphatic heterocycles. The third kappa shape index (κ3) is 5.06. The smallest absolute Gasteiger partial charge is 0.319 e. The lowest BCUT2D eigenvalue weighted by Crippen LogP contribution is -2.51. The molecule has 0 saturated carbocycles. The Morgan fingerprint density at radius 3 is 2.26 bits per heavy atom. The van der Waals surface area contributed by atoms with Crippen molar-refractivity contribution in [2.45, 2.75) is 17.9 Å². The van der Waals surface area contributed by atoms with E-state index in [0.29, 0.717) is 0 Å². The zero-order valence-corrected chi connectivity index (χ0v) is 19.3. The lowest BCUT2D eigenvalue weighted by atomic mass is 9.88. The molecule has 2 atom stereocenters. The van der Waals surface area contributed by atoms with Crippen molar-refractivity contribution in [3.05, 3.63) is 58.9 Å². The second-order valence-electron chi connectivity index (χ2n) is 7.15. The SMILES string of the molecule is CCOC(=O)[C@@H]1/C(=C\S(=O)(=O)c2ccc(F)cc2)NC(=O)N[C@H]1c1cc(OC)c(O)c(OC)c1. The average Bonchev–Trinajstić information content (AvgIpc) is 2.79. The number of hydrogen-bond acceptors (Lipinski definition) is 8. The largest absolute Gasteiger partial charge is 0.502 e. The fourth-order valence-electron chi connectivity index (χ4n) is 3.48. The molecule has 10 nitrogen and oxygen atoms in total. The first-order chi connectivity index (χ1) is 16.1. The highest BCUT2D eigenvalue weighted by atomic mass is 32.2. The molecule has 3 N–H and O–H groups in total. The summed E-state index contributed by atoms with van der Waals surface area (Å²) in [4.78, 5) is 25.2. The minimum atomic E-state index is -4.19. The molecular weight excluding hydrogens is 471 g/mol. The number of rotatable bonds is 7. The number of methoxy groups -OCH3 is 2. The van der Waals surface area contributed by atoms with Crippen LogP contribution in [0.3, 0.4) is 0 Å². The number of carbonyl (C=O) groups excluding carboxylic acids is 2. The summed E-state index contributed by atoms with van der Waals surface area (Å²) in [6.45, 7) is 1.57. The summed E-state index contributed by atoms with van der Waals surface area (Å²) in [5.41, 5.74) is 0.0343. The van der Waals surface area contributed by atoms with Crippen molar-refractivity contribution in [3.8, 4) is 17.2 Å². The van der Waals surface area contributed by atoms with Crippen molar-refractivity contribution in [3.63, 3.8) is 0 Å². The predicted molar refractivity (Wildman–Crippen MR) is 117 cm³/mol. The summed E-state index contributed by atoms with van der Waals surface area (Å²) in [6, 6.07) is 4.97. The number of nitrogens with one attached hydrogen (secondary N) is 2. The summed E-state index contributed by atoms with van der Waals surface area (Å²) >= 11 is 0. The maximum Gasteiger partial charge on any atom is 0.319 e. The van der Waals surface area contributed by atoms with E-state index in [1.54, 1.807) is 6.92 Å². The number of sulfone groups is 1. The van der Waals surface area contributed by atoms with Gasteiger partial charge in [-0.05, 0) is 48.9 Å². The molecule has 3 rings (SSSR count). The van der Waals surface area contributed by atoms with Crippen molar-refractivity contribution in [1.82, 2.24) is 10.6 Å². The molecule has 34 heavy (non-hydrogen) atoms. The number of carbonyl (C=O) groups is 2. The van der Waals surface area contributed by atoms with Crippen LogP contribution in [-0.2, 0) is 19.4 Å². The summed E-state index contributed by atoms with van der Waals surface area (Å²) in [5.74, 6) is -3.03. The van der Waals surface area contributed by atoms with E-state index in [0.717, 1.165) is 29.7 Å². The molecule has 1 aliphatic rings. The molecule has 1 heterocycles. The Balaban J connectivity index is 2.16. The second-order valence-corrected chi connectivity index (χ2v) is 8.95. The summed E-state index contributed by atoms with van der Waals surface area (Å²) in [7, 11) is -1.57. The third-order valence-corrected chi connectivity index (χ3v) is 6.53. The first-order valence-electron chi connectivity index (χ1n) is 10.0. The molecule has 0 unspecified atom stereocenters. The molecule has 0 radical (unpaired) electrons. The molecule has 2 amide bonds. The van der Waals surface area contributed by atoms with Gasteiger partial charge < -0.3 is 30.0 Å². The van der Waals surface area contributed by atoms with Crippen molar-refractivity contribution in [2.24, 2.45) is 5.92 Å². The van der Waals surface area contributed by atoms with Crippen LogP contribution in [0.1, 0.15) is 18.5 Å². The van der Waals surface area contributed by atoms with Gasteiger partial charge in [0.1, 0.15) is 11.7 Å². The first kappa shape index (κ1) is 24.8. The number of esters is 1. The van der Waals surface area contributed by atoms with Crippen molar-refractivity contribution >= 4 is 21.8 Å². The van der Waals surface area contributed by atoms with Crippen molar-refractivity contribution < 1.29 is 41.7 Å². The fourth-order valence-corrected chi connectivity index (χ4v) is 4.67. The van der Waals surface area contributed by atoms with E-state index >= 15 is 0 Å². The van der Waals surface area contributed by atoms with Crippen LogP contribution in [0.2, 0.25) is 0 Å². The number of amides is 2. The lowest BCUT2D eigenvalue weighted by molar-refractivity contribution is -0.147. The highest BCUT2D eigenvalue weighted by Crippen LogP contribution is 2.42. The molecule has 2 aromatic rings. The van der Waals surface area contributed by atoms with Gasteiger partial charge in [-0.25, -0.2) is 17.6 Å². The Hall–Kier alpha value is -3.80.